The van der Waals surface area contributed by atoms with Gasteiger partial charge in [-0.3, -0.25) is 39.2 Å². The molecule has 1 aliphatic carbocycles. The van der Waals surface area contributed by atoms with Crippen LogP contribution in [0.3, 0.4) is 0 Å². The highest BCUT2D eigenvalue weighted by Gasteiger charge is 2.45. The number of benzene rings is 3. The molecule has 4 aliphatic rings. The molecule has 0 radical (unpaired) electrons. The van der Waals surface area contributed by atoms with E-state index in [0.717, 1.165) is 97.1 Å². The minimum atomic E-state index is -1.34. The number of aliphatic hydroxyl groups is 1. The van der Waals surface area contributed by atoms with Gasteiger partial charge in [0.25, 0.3) is 5.91 Å². The van der Waals surface area contributed by atoms with Crippen molar-refractivity contribution in [3.05, 3.63) is 90.3 Å². The molecule has 5 aromatic rings. The molecule has 64 heavy (non-hydrogen) atoms. The van der Waals surface area contributed by atoms with Crippen molar-refractivity contribution >= 4 is 46.2 Å². The second-order valence-corrected chi connectivity index (χ2v) is 16.7. The van der Waals surface area contributed by atoms with Crippen LogP contribution in [0, 0.1) is 0 Å². The van der Waals surface area contributed by atoms with Crippen LogP contribution in [0.25, 0.3) is 22.3 Å². The van der Waals surface area contributed by atoms with Crippen LogP contribution in [0.5, 0.6) is 11.5 Å². The van der Waals surface area contributed by atoms with E-state index in [-0.39, 0.29) is 36.9 Å². The van der Waals surface area contributed by atoms with Gasteiger partial charge in [0.1, 0.15) is 35.4 Å². The standard InChI is InChI=1S/C46H53N11O7/c47-42-40-41(29-9-15-33(16-10-29)64-32-5-2-1-3-6-32)53-57(43(40)51-28-50-42)31-13-11-30(12-14-31)55-22-20-54(21-23-55)24-26-63-25-19-48-38(59)27-49-35-8-4-7-34-39(35)46(62)56(45(34)61)36-17-18-37(58)52-44(36)60/h1-10,15-16,28,30-31,36,45,49,61H,11-14,17-27H2,(H,48,59)(H2,47,50,51)(H,52,58,60). The number of aromatic nitrogens is 4. The molecule has 2 atom stereocenters. The molecule has 0 spiro atoms. The maximum Gasteiger partial charge on any atom is 0.259 e. The largest absolute Gasteiger partial charge is 0.457 e. The molecule has 3 aromatic carbocycles. The summed E-state index contributed by atoms with van der Waals surface area (Å²) in [5, 5.41) is 24.9. The summed E-state index contributed by atoms with van der Waals surface area (Å²) in [5.74, 6) is 0.0907. The lowest BCUT2D eigenvalue weighted by atomic mass is 9.90. The number of imide groups is 1. The van der Waals surface area contributed by atoms with E-state index >= 15 is 0 Å². The summed E-state index contributed by atoms with van der Waals surface area (Å²) in [6.07, 6.45) is 4.54. The highest BCUT2D eigenvalue weighted by atomic mass is 16.5. The van der Waals surface area contributed by atoms with E-state index in [0.29, 0.717) is 42.9 Å². The van der Waals surface area contributed by atoms with Crippen LogP contribution in [-0.4, -0.2) is 134 Å². The third-order valence-electron chi connectivity index (χ3n) is 12.8. The number of nitrogens with one attached hydrogen (secondary N) is 3. The second kappa shape index (κ2) is 19.1. The number of para-hydroxylation sites is 1. The third-order valence-corrected chi connectivity index (χ3v) is 12.8. The Morgan fingerprint density at radius 2 is 1.61 bits per heavy atom. The monoisotopic (exact) mass is 871 g/mol. The number of carbonyl (C=O) groups is 4. The van der Waals surface area contributed by atoms with Gasteiger partial charge in [-0.1, -0.05) is 30.3 Å². The summed E-state index contributed by atoms with van der Waals surface area (Å²) < 4.78 is 13.9. The molecule has 18 heteroatoms. The zero-order valence-electron chi connectivity index (χ0n) is 35.5. The molecular formula is C46H53N11O7. The zero-order valence-corrected chi connectivity index (χ0v) is 35.5. The second-order valence-electron chi connectivity index (χ2n) is 16.7. The average molecular weight is 872 g/mol. The number of aliphatic hydroxyl groups excluding tert-OH is 1. The Labute approximate surface area is 370 Å². The summed E-state index contributed by atoms with van der Waals surface area (Å²) in [6.45, 7) is 5.92. The molecule has 9 rings (SSSR count). The van der Waals surface area contributed by atoms with Gasteiger partial charge in [-0.25, -0.2) is 14.6 Å². The Balaban J connectivity index is 0.679. The first-order valence-corrected chi connectivity index (χ1v) is 22.1. The Hall–Kier alpha value is -6.47. The lowest BCUT2D eigenvalue weighted by Crippen LogP contribution is -2.53. The van der Waals surface area contributed by atoms with Crippen LogP contribution in [0.15, 0.2) is 79.1 Å². The molecule has 1 saturated carbocycles. The van der Waals surface area contributed by atoms with E-state index in [1.54, 1.807) is 18.2 Å². The number of hydrogen-bond donors (Lipinski definition) is 5. The van der Waals surface area contributed by atoms with Crippen molar-refractivity contribution in [1.82, 2.24) is 45.1 Å². The van der Waals surface area contributed by atoms with E-state index in [4.69, 9.17) is 20.3 Å². The molecule has 4 amide bonds. The molecular weight excluding hydrogens is 819 g/mol. The van der Waals surface area contributed by atoms with Crippen molar-refractivity contribution in [3.8, 4) is 22.8 Å². The summed E-state index contributed by atoms with van der Waals surface area (Å²) in [7, 11) is 0. The molecule has 2 aromatic heterocycles. The Morgan fingerprint density at radius 1 is 0.859 bits per heavy atom. The van der Waals surface area contributed by atoms with Crippen LogP contribution in [0.2, 0.25) is 0 Å². The smallest absolute Gasteiger partial charge is 0.259 e. The fourth-order valence-corrected chi connectivity index (χ4v) is 9.39. The van der Waals surface area contributed by atoms with E-state index < -0.39 is 30.0 Å². The fourth-order valence-electron chi connectivity index (χ4n) is 9.39. The van der Waals surface area contributed by atoms with Crippen LogP contribution in [0.1, 0.15) is 66.7 Å². The van der Waals surface area contributed by atoms with E-state index in [1.165, 1.54) is 6.33 Å². The summed E-state index contributed by atoms with van der Waals surface area (Å²) in [6, 6.07) is 22.3. The Kier molecular flexibility index (Phi) is 12.8. The van der Waals surface area contributed by atoms with Crippen molar-refractivity contribution in [2.45, 2.75) is 62.9 Å². The van der Waals surface area contributed by atoms with Crippen molar-refractivity contribution < 1.29 is 33.8 Å². The topological polar surface area (TPSA) is 222 Å². The molecule has 3 aliphatic heterocycles. The lowest BCUT2D eigenvalue weighted by molar-refractivity contribution is -0.139. The minimum Gasteiger partial charge on any atom is -0.457 e. The van der Waals surface area contributed by atoms with Gasteiger partial charge >= 0.3 is 0 Å². The molecule has 6 N–H and O–H groups in total. The first-order valence-electron chi connectivity index (χ1n) is 22.1. The molecule has 2 saturated heterocycles. The van der Waals surface area contributed by atoms with Crippen LogP contribution < -0.4 is 26.4 Å². The number of carbonyl (C=O) groups excluding carboxylic acids is 4. The van der Waals surface area contributed by atoms with Crippen molar-refractivity contribution in [3.63, 3.8) is 0 Å². The predicted molar refractivity (Wildman–Crippen MR) is 237 cm³/mol. The van der Waals surface area contributed by atoms with Gasteiger partial charge < -0.3 is 30.9 Å². The fraction of sp³-hybridized carbons (Fsp3) is 0.413. The number of amides is 4. The predicted octanol–water partition coefficient (Wildman–Crippen LogP) is 3.47. The zero-order chi connectivity index (χ0) is 44.2. The quantitative estimate of drug-likeness (QED) is 0.0752. The lowest BCUT2D eigenvalue weighted by Gasteiger charge is -2.42. The highest BCUT2D eigenvalue weighted by molar-refractivity contribution is 6.08. The normalized spacial score (nSPS) is 21.8. The molecule has 3 fully saturated rings. The maximum atomic E-state index is 13.4. The number of fused-ring (bicyclic) bond motifs is 2. The van der Waals surface area contributed by atoms with E-state index in [2.05, 4.69) is 40.4 Å². The number of rotatable bonds is 15. The van der Waals surface area contributed by atoms with Crippen molar-refractivity contribution in [1.29, 1.82) is 0 Å². The minimum absolute atomic E-state index is 0.0749. The Bertz CT molecular complexity index is 2490. The number of nitrogen functional groups attached to an aromatic ring is 1. The number of nitrogens with two attached hydrogens (primary N) is 1. The molecule has 334 valence electrons. The van der Waals surface area contributed by atoms with Crippen LogP contribution >= 0.6 is 0 Å². The van der Waals surface area contributed by atoms with Gasteiger partial charge in [0.15, 0.2) is 11.9 Å². The number of hydrogen-bond acceptors (Lipinski definition) is 14. The van der Waals surface area contributed by atoms with Gasteiger partial charge in [-0.15, -0.1) is 0 Å². The van der Waals surface area contributed by atoms with Gasteiger partial charge in [0, 0.05) is 68.5 Å². The number of ether oxygens (including phenoxy) is 2. The SMILES string of the molecule is Nc1ncnc2c1c(-c1ccc(Oc3ccccc3)cc1)nn2C1CCC(N2CCN(CCOCCNC(=O)CNc3cccc4c3C(=O)N(C3CCC(=O)NC3=O)C4O)CC2)CC1. The molecule has 5 heterocycles. The van der Waals surface area contributed by atoms with Crippen molar-refractivity contribution in [2.75, 3.05) is 70.1 Å². The van der Waals surface area contributed by atoms with E-state index in [9.17, 15) is 24.3 Å². The highest BCUT2D eigenvalue weighted by Crippen LogP contribution is 2.40. The van der Waals surface area contributed by atoms with Gasteiger partial charge in [0.05, 0.1) is 36.8 Å². The first-order chi connectivity index (χ1) is 31.2. The number of nitrogens with zero attached hydrogens (tertiary/aromatic N) is 7. The average Bonchev–Trinajstić information content (AvgIpc) is 3.83. The van der Waals surface area contributed by atoms with Gasteiger partial charge in [-0.2, -0.15) is 5.10 Å². The molecule has 0 bridgehead atoms. The van der Waals surface area contributed by atoms with Crippen molar-refractivity contribution in [2.24, 2.45) is 0 Å². The third kappa shape index (κ3) is 9.12. The summed E-state index contributed by atoms with van der Waals surface area (Å²) in [4.78, 5) is 65.2. The van der Waals surface area contributed by atoms with Gasteiger partial charge in [0.2, 0.25) is 17.7 Å². The summed E-state index contributed by atoms with van der Waals surface area (Å²) >= 11 is 0. The first kappa shape index (κ1) is 42.8. The summed E-state index contributed by atoms with van der Waals surface area (Å²) in [5.41, 5.74) is 9.83. The number of piperidine rings is 1. The molecule has 18 nitrogen and oxygen atoms in total. The van der Waals surface area contributed by atoms with Crippen LogP contribution in [-0.2, 0) is 19.1 Å². The Morgan fingerprint density at radius 3 is 2.38 bits per heavy atom. The van der Waals surface area contributed by atoms with Crippen LogP contribution in [0.4, 0.5) is 11.5 Å². The maximum absolute atomic E-state index is 13.4. The van der Waals surface area contributed by atoms with Gasteiger partial charge in [-0.05, 0) is 74.6 Å². The number of piperazine rings is 1. The molecule has 2 unspecified atom stereocenters. The van der Waals surface area contributed by atoms with E-state index in [1.807, 2.05) is 54.6 Å². The number of anilines is 2.